The predicted molar refractivity (Wildman–Crippen MR) is 68.1 cm³/mol. The molecule has 2 aliphatic rings. The van der Waals surface area contributed by atoms with E-state index in [1.54, 1.807) is 22.2 Å². The van der Waals surface area contributed by atoms with Crippen molar-refractivity contribution in [1.29, 1.82) is 0 Å². The van der Waals surface area contributed by atoms with Gasteiger partial charge in [-0.25, -0.2) is 4.98 Å². The summed E-state index contributed by atoms with van der Waals surface area (Å²) in [5, 5.41) is 0.849. The Morgan fingerprint density at radius 3 is 3.12 bits per heavy atom. The van der Waals surface area contributed by atoms with Gasteiger partial charge in [0.05, 0.1) is 18.3 Å². The topological polar surface area (TPSA) is 47.2 Å². The van der Waals surface area contributed by atoms with E-state index in [-0.39, 0.29) is 5.56 Å². The quantitative estimate of drug-likeness (QED) is 0.709. The number of aromatic nitrogens is 2. The van der Waals surface area contributed by atoms with E-state index in [1.807, 2.05) is 0 Å². The molecule has 0 fully saturated rings. The number of fused-ring (bicyclic) bond motifs is 4. The first kappa shape index (κ1) is 9.53. The number of thiophene rings is 1. The predicted octanol–water partition coefficient (Wildman–Crippen LogP) is 1.73. The summed E-state index contributed by atoms with van der Waals surface area (Å²) in [4.78, 5) is 23.4. The van der Waals surface area contributed by atoms with E-state index in [0.29, 0.717) is 6.54 Å². The molecule has 0 spiro atoms. The first-order valence-corrected chi connectivity index (χ1v) is 6.72. The molecule has 2 aromatic rings. The van der Waals surface area contributed by atoms with Gasteiger partial charge in [-0.1, -0.05) is 0 Å². The Morgan fingerprint density at radius 2 is 2.18 bits per heavy atom. The minimum absolute atomic E-state index is 0.0747. The van der Waals surface area contributed by atoms with Crippen LogP contribution in [0.3, 0.4) is 0 Å². The molecule has 0 atom stereocenters. The van der Waals surface area contributed by atoms with Crippen LogP contribution in [-0.2, 0) is 19.4 Å². The molecule has 2 aromatic heterocycles. The Morgan fingerprint density at radius 1 is 1.29 bits per heavy atom. The van der Waals surface area contributed by atoms with E-state index in [4.69, 9.17) is 0 Å². The van der Waals surface area contributed by atoms with E-state index >= 15 is 0 Å². The van der Waals surface area contributed by atoms with Crippen LogP contribution in [0.15, 0.2) is 9.79 Å². The van der Waals surface area contributed by atoms with E-state index in [1.165, 1.54) is 23.3 Å². The summed E-state index contributed by atoms with van der Waals surface area (Å²) >= 11 is 1.70. The molecule has 0 radical (unpaired) electrons. The van der Waals surface area contributed by atoms with Gasteiger partial charge in [0.2, 0.25) is 0 Å². The van der Waals surface area contributed by atoms with Crippen LogP contribution in [-0.4, -0.2) is 15.9 Å². The fourth-order valence-corrected chi connectivity index (χ4v) is 3.96. The van der Waals surface area contributed by atoms with Crippen molar-refractivity contribution in [1.82, 2.24) is 9.55 Å². The van der Waals surface area contributed by atoms with Crippen molar-refractivity contribution in [3.8, 4) is 0 Å². The molecule has 0 saturated heterocycles. The zero-order valence-electron chi connectivity index (χ0n) is 9.27. The number of hydrogen-bond donors (Lipinski definition) is 0. The van der Waals surface area contributed by atoms with Gasteiger partial charge in [-0.05, 0) is 31.2 Å². The summed E-state index contributed by atoms with van der Waals surface area (Å²) in [6.07, 6.45) is 6.18. The van der Waals surface area contributed by atoms with E-state index in [2.05, 4.69) is 9.98 Å². The Hall–Kier alpha value is -1.49. The maximum Gasteiger partial charge on any atom is 0.267 e. The standard InChI is InChI=1S/C12H11N3OS/c16-12-10-7-3-1-2-4-8(7)17-11(10)14-9-5-13-6-15(9)12/h6H,1-5H2. The lowest BCUT2D eigenvalue weighted by Gasteiger charge is -2.09. The molecule has 4 nitrogen and oxygen atoms in total. The monoisotopic (exact) mass is 245 g/mol. The van der Waals surface area contributed by atoms with E-state index in [0.717, 1.165) is 28.9 Å². The Kier molecular flexibility index (Phi) is 1.83. The zero-order chi connectivity index (χ0) is 11.4. The summed E-state index contributed by atoms with van der Waals surface area (Å²) in [6.45, 7) is 0.535. The normalized spacial score (nSPS) is 17.4. The summed E-state index contributed by atoms with van der Waals surface area (Å²) in [5.74, 6) is 0.779. The number of rotatable bonds is 0. The molecule has 5 heteroatoms. The van der Waals surface area contributed by atoms with Gasteiger partial charge in [0.25, 0.3) is 5.56 Å². The summed E-state index contributed by atoms with van der Waals surface area (Å²) in [5.41, 5.74) is 1.33. The minimum atomic E-state index is 0.0747. The largest absolute Gasteiger partial charge is 0.268 e. The third-order valence-corrected chi connectivity index (χ3v) is 4.71. The molecular formula is C12H11N3OS. The van der Waals surface area contributed by atoms with Gasteiger partial charge in [-0.2, -0.15) is 0 Å². The molecule has 1 aliphatic heterocycles. The number of aliphatic imine (C=N–C) groups is 1. The highest BCUT2D eigenvalue weighted by molar-refractivity contribution is 7.18. The second-order valence-corrected chi connectivity index (χ2v) is 5.63. The van der Waals surface area contributed by atoms with Crippen molar-refractivity contribution in [2.45, 2.75) is 32.2 Å². The minimum Gasteiger partial charge on any atom is -0.268 e. The van der Waals surface area contributed by atoms with Crippen molar-refractivity contribution in [3.05, 3.63) is 26.6 Å². The maximum atomic E-state index is 12.4. The second kappa shape index (κ2) is 3.26. The van der Waals surface area contributed by atoms with Gasteiger partial charge in [-0.15, -0.1) is 11.3 Å². The average molecular weight is 245 g/mol. The van der Waals surface area contributed by atoms with E-state index < -0.39 is 0 Å². The molecule has 4 rings (SSSR count). The van der Waals surface area contributed by atoms with Crippen LogP contribution in [0.4, 0.5) is 0 Å². The van der Waals surface area contributed by atoms with Crippen molar-refractivity contribution in [3.63, 3.8) is 0 Å². The summed E-state index contributed by atoms with van der Waals surface area (Å²) in [7, 11) is 0. The van der Waals surface area contributed by atoms with Gasteiger partial charge < -0.3 is 0 Å². The molecule has 0 amide bonds. The van der Waals surface area contributed by atoms with Crippen LogP contribution >= 0.6 is 11.3 Å². The molecule has 86 valence electrons. The van der Waals surface area contributed by atoms with Crippen molar-refractivity contribution in [2.75, 3.05) is 0 Å². The van der Waals surface area contributed by atoms with Gasteiger partial charge in [-0.3, -0.25) is 14.4 Å². The maximum absolute atomic E-state index is 12.4. The zero-order valence-corrected chi connectivity index (χ0v) is 10.1. The molecular weight excluding hydrogens is 234 g/mol. The van der Waals surface area contributed by atoms with Gasteiger partial charge in [0, 0.05) is 4.88 Å². The van der Waals surface area contributed by atoms with Gasteiger partial charge in [0.15, 0.2) is 0 Å². The van der Waals surface area contributed by atoms with Crippen LogP contribution in [0.2, 0.25) is 0 Å². The number of nitrogens with zero attached hydrogens (tertiary/aromatic N) is 3. The molecule has 0 aromatic carbocycles. The average Bonchev–Trinajstić information content (AvgIpc) is 2.92. The Balaban J connectivity index is 2.15. The Labute approximate surface area is 102 Å². The lowest BCUT2D eigenvalue weighted by molar-refractivity contribution is 0.699. The highest BCUT2D eigenvalue weighted by Crippen LogP contribution is 2.33. The highest BCUT2D eigenvalue weighted by atomic mass is 32.1. The first-order chi connectivity index (χ1) is 8.34. The van der Waals surface area contributed by atoms with E-state index in [9.17, 15) is 4.79 Å². The van der Waals surface area contributed by atoms with Crippen LogP contribution in [0.25, 0.3) is 10.2 Å². The van der Waals surface area contributed by atoms with Crippen molar-refractivity contribution in [2.24, 2.45) is 4.99 Å². The lowest BCUT2D eigenvalue weighted by Crippen LogP contribution is -2.22. The fraction of sp³-hybridized carbons (Fsp3) is 0.417. The molecule has 0 N–H and O–H groups in total. The number of hydrogen-bond acceptors (Lipinski definition) is 4. The lowest BCUT2D eigenvalue weighted by atomic mass is 9.97. The smallest absolute Gasteiger partial charge is 0.267 e. The van der Waals surface area contributed by atoms with Crippen LogP contribution < -0.4 is 5.56 Å². The Bertz CT molecular complexity index is 711. The van der Waals surface area contributed by atoms with Crippen LogP contribution in [0.1, 0.15) is 29.1 Å². The third-order valence-electron chi connectivity index (χ3n) is 3.52. The third kappa shape index (κ3) is 1.20. The molecule has 1 aliphatic carbocycles. The first-order valence-electron chi connectivity index (χ1n) is 5.90. The van der Waals surface area contributed by atoms with Crippen molar-refractivity contribution >= 4 is 27.9 Å². The molecule has 0 saturated carbocycles. The summed E-state index contributed by atoms with van der Waals surface area (Å²) < 4.78 is 1.60. The second-order valence-electron chi connectivity index (χ2n) is 4.55. The van der Waals surface area contributed by atoms with Crippen molar-refractivity contribution < 1.29 is 0 Å². The highest BCUT2D eigenvalue weighted by Gasteiger charge is 2.22. The fourth-order valence-electron chi connectivity index (χ4n) is 2.69. The van der Waals surface area contributed by atoms with Gasteiger partial charge >= 0.3 is 0 Å². The number of aryl methyl sites for hydroxylation is 2. The molecule has 3 heterocycles. The molecule has 0 bridgehead atoms. The molecule has 17 heavy (non-hydrogen) atoms. The van der Waals surface area contributed by atoms with Crippen LogP contribution in [0.5, 0.6) is 0 Å². The van der Waals surface area contributed by atoms with Crippen LogP contribution in [0, 0.1) is 0 Å². The molecule has 0 unspecified atom stereocenters. The van der Waals surface area contributed by atoms with Gasteiger partial charge in [0.1, 0.15) is 10.7 Å². The SMILES string of the molecule is O=c1c2c3c(sc2nc2n1C=NC2)CCCC3. The summed E-state index contributed by atoms with van der Waals surface area (Å²) in [6, 6.07) is 0.